The number of hydrogen-bond acceptors (Lipinski definition) is 5. The van der Waals surface area contributed by atoms with Crippen LogP contribution >= 0.6 is 0 Å². The number of piperidine rings is 1. The quantitative estimate of drug-likeness (QED) is 0.892. The summed E-state index contributed by atoms with van der Waals surface area (Å²) in [6.45, 7) is 3.09. The summed E-state index contributed by atoms with van der Waals surface area (Å²) in [5, 5.41) is 0. The molecule has 0 aliphatic carbocycles. The molecule has 0 amide bonds. The van der Waals surface area contributed by atoms with E-state index in [1.54, 1.807) is 12.1 Å². The Morgan fingerprint density at radius 3 is 2.17 bits per heavy atom. The van der Waals surface area contributed by atoms with Crippen LogP contribution in [0.5, 0.6) is 0 Å². The second kappa shape index (κ2) is 6.27. The summed E-state index contributed by atoms with van der Waals surface area (Å²) in [5.74, 6) is -0.377. The van der Waals surface area contributed by atoms with Gasteiger partial charge in [0, 0.05) is 51.4 Å². The molecule has 0 aromatic heterocycles. The molecule has 128 valence electrons. The van der Waals surface area contributed by atoms with E-state index < -0.39 is 10.2 Å². The van der Waals surface area contributed by atoms with Crippen molar-refractivity contribution in [3.8, 4) is 0 Å². The number of rotatable bonds is 4. The first-order chi connectivity index (χ1) is 10.9. The van der Waals surface area contributed by atoms with Crippen LogP contribution in [0.4, 0.5) is 11.4 Å². The van der Waals surface area contributed by atoms with E-state index in [1.165, 1.54) is 14.1 Å². The van der Waals surface area contributed by atoms with E-state index in [0.29, 0.717) is 18.9 Å². The highest BCUT2D eigenvalue weighted by Gasteiger charge is 2.39. The van der Waals surface area contributed by atoms with Crippen molar-refractivity contribution in [2.45, 2.75) is 18.6 Å². The second-order valence-electron chi connectivity index (χ2n) is 6.03. The third-order valence-corrected chi connectivity index (χ3v) is 5.75. The van der Waals surface area contributed by atoms with Crippen molar-refractivity contribution in [2.75, 3.05) is 50.0 Å². The van der Waals surface area contributed by atoms with Crippen molar-refractivity contribution in [3.63, 3.8) is 0 Å². The van der Waals surface area contributed by atoms with E-state index in [0.717, 1.165) is 35.9 Å². The van der Waals surface area contributed by atoms with Crippen molar-refractivity contribution < 1.29 is 17.9 Å². The Balaban J connectivity index is 1.62. The normalized spacial score (nSPS) is 21.1. The van der Waals surface area contributed by atoms with Gasteiger partial charge in [-0.2, -0.15) is 12.7 Å². The average molecular weight is 341 g/mol. The maximum Gasteiger partial charge on any atom is 0.301 e. The molecule has 0 bridgehead atoms. The van der Waals surface area contributed by atoms with Gasteiger partial charge in [-0.15, -0.1) is 0 Å². The number of nitrogens with one attached hydrogen (secondary N) is 1. The number of hydrogen-bond donors (Lipinski definition) is 1. The van der Waals surface area contributed by atoms with Crippen LogP contribution in [0.2, 0.25) is 0 Å². The van der Waals surface area contributed by atoms with Gasteiger partial charge in [-0.25, -0.2) is 0 Å². The summed E-state index contributed by atoms with van der Waals surface area (Å²) in [6, 6.07) is 7.43. The molecular formula is C15H23N3O4S. The molecule has 2 aliphatic rings. The number of ether oxygens (including phenoxy) is 2. The van der Waals surface area contributed by atoms with Crippen LogP contribution in [-0.4, -0.2) is 58.9 Å². The zero-order valence-electron chi connectivity index (χ0n) is 13.5. The molecule has 0 unspecified atom stereocenters. The van der Waals surface area contributed by atoms with Gasteiger partial charge in [-0.1, -0.05) is 0 Å². The first-order valence-corrected chi connectivity index (χ1v) is 9.17. The molecule has 1 N–H and O–H groups in total. The Morgan fingerprint density at radius 1 is 1.09 bits per heavy atom. The van der Waals surface area contributed by atoms with Crippen LogP contribution in [0.15, 0.2) is 24.3 Å². The summed E-state index contributed by atoms with van der Waals surface area (Å²) < 4.78 is 38.7. The van der Waals surface area contributed by atoms with Crippen molar-refractivity contribution in [1.82, 2.24) is 4.31 Å². The van der Waals surface area contributed by atoms with Gasteiger partial charge in [0.2, 0.25) is 0 Å². The zero-order valence-corrected chi connectivity index (χ0v) is 14.3. The highest BCUT2D eigenvalue weighted by molar-refractivity contribution is 7.90. The van der Waals surface area contributed by atoms with E-state index in [-0.39, 0.29) is 5.79 Å². The first kappa shape index (κ1) is 16.5. The molecule has 8 heteroatoms. The number of anilines is 2. The average Bonchev–Trinajstić information content (AvgIpc) is 2.97. The van der Waals surface area contributed by atoms with Crippen molar-refractivity contribution in [1.29, 1.82) is 0 Å². The first-order valence-electron chi connectivity index (χ1n) is 7.73. The van der Waals surface area contributed by atoms with E-state index >= 15 is 0 Å². The Kier molecular flexibility index (Phi) is 4.50. The van der Waals surface area contributed by atoms with Gasteiger partial charge < -0.3 is 14.4 Å². The SMILES string of the molecule is CN(C)S(=O)(=O)Nc1ccc(N2CCC3(CC2)OCCO3)cc1. The predicted molar refractivity (Wildman–Crippen MR) is 88.8 cm³/mol. The fraction of sp³-hybridized carbons (Fsp3) is 0.600. The van der Waals surface area contributed by atoms with Gasteiger partial charge in [0.05, 0.1) is 13.2 Å². The van der Waals surface area contributed by atoms with Gasteiger partial charge in [0.1, 0.15) is 0 Å². The minimum Gasteiger partial charge on any atom is -0.371 e. The van der Waals surface area contributed by atoms with Gasteiger partial charge in [0.15, 0.2) is 5.79 Å². The molecule has 2 aliphatic heterocycles. The molecule has 23 heavy (non-hydrogen) atoms. The molecule has 2 saturated heterocycles. The minimum atomic E-state index is -3.47. The molecule has 0 radical (unpaired) electrons. The van der Waals surface area contributed by atoms with E-state index in [2.05, 4.69) is 9.62 Å². The van der Waals surface area contributed by atoms with Gasteiger partial charge in [0.25, 0.3) is 0 Å². The highest BCUT2D eigenvalue weighted by atomic mass is 32.2. The lowest BCUT2D eigenvalue weighted by atomic mass is 10.0. The van der Waals surface area contributed by atoms with Crippen LogP contribution in [-0.2, 0) is 19.7 Å². The van der Waals surface area contributed by atoms with Crippen LogP contribution in [0.3, 0.4) is 0 Å². The smallest absolute Gasteiger partial charge is 0.301 e. The minimum absolute atomic E-state index is 0.377. The standard InChI is InChI=1S/C15H23N3O4S/c1-17(2)23(19,20)16-13-3-5-14(6-4-13)18-9-7-15(8-10-18)21-11-12-22-15/h3-6,16H,7-12H2,1-2H3. The van der Waals surface area contributed by atoms with Crippen molar-refractivity contribution >= 4 is 21.6 Å². The lowest BCUT2D eigenvalue weighted by molar-refractivity contribution is -0.169. The molecule has 2 heterocycles. The summed E-state index contributed by atoms with van der Waals surface area (Å²) in [6.07, 6.45) is 1.70. The van der Waals surface area contributed by atoms with Crippen LogP contribution in [0, 0.1) is 0 Å². The largest absolute Gasteiger partial charge is 0.371 e. The van der Waals surface area contributed by atoms with Crippen molar-refractivity contribution in [2.24, 2.45) is 0 Å². The fourth-order valence-corrected chi connectivity index (χ4v) is 3.49. The lowest BCUT2D eigenvalue weighted by Gasteiger charge is -2.38. The van der Waals surface area contributed by atoms with E-state index in [9.17, 15) is 8.42 Å². The molecule has 0 atom stereocenters. The molecule has 2 fully saturated rings. The van der Waals surface area contributed by atoms with E-state index in [1.807, 2.05) is 12.1 Å². The predicted octanol–water partition coefficient (Wildman–Crippen LogP) is 1.25. The van der Waals surface area contributed by atoms with Gasteiger partial charge >= 0.3 is 10.2 Å². The third kappa shape index (κ3) is 3.60. The van der Waals surface area contributed by atoms with Crippen LogP contribution in [0.25, 0.3) is 0 Å². The van der Waals surface area contributed by atoms with Crippen LogP contribution < -0.4 is 9.62 Å². The Labute approximate surface area is 137 Å². The van der Waals surface area contributed by atoms with Gasteiger partial charge in [-0.05, 0) is 24.3 Å². The molecule has 7 nitrogen and oxygen atoms in total. The Morgan fingerprint density at radius 2 is 1.65 bits per heavy atom. The monoisotopic (exact) mass is 341 g/mol. The summed E-state index contributed by atoms with van der Waals surface area (Å²) >= 11 is 0. The molecule has 1 aromatic rings. The van der Waals surface area contributed by atoms with Crippen LogP contribution in [0.1, 0.15) is 12.8 Å². The Bertz CT molecular complexity index is 629. The molecular weight excluding hydrogens is 318 g/mol. The molecule has 3 rings (SSSR count). The topological polar surface area (TPSA) is 71.1 Å². The number of benzene rings is 1. The highest BCUT2D eigenvalue weighted by Crippen LogP contribution is 2.33. The maximum atomic E-state index is 11.8. The maximum absolute atomic E-state index is 11.8. The summed E-state index contributed by atoms with van der Waals surface area (Å²) in [7, 11) is -0.481. The lowest BCUT2D eigenvalue weighted by Crippen LogP contribution is -2.45. The molecule has 1 aromatic carbocycles. The fourth-order valence-electron chi connectivity index (χ4n) is 2.87. The van der Waals surface area contributed by atoms with Gasteiger partial charge in [-0.3, -0.25) is 4.72 Å². The molecule has 0 saturated carbocycles. The third-order valence-electron chi connectivity index (χ3n) is 4.30. The summed E-state index contributed by atoms with van der Waals surface area (Å²) in [4.78, 5) is 2.26. The second-order valence-corrected chi connectivity index (χ2v) is 7.92. The van der Waals surface area contributed by atoms with E-state index in [4.69, 9.17) is 9.47 Å². The zero-order chi connectivity index (χ0) is 16.5. The Hall–Kier alpha value is -1.35. The number of nitrogens with zero attached hydrogens (tertiary/aromatic N) is 2. The van der Waals surface area contributed by atoms with Crippen molar-refractivity contribution in [3.05, 3.63) is 24.3 Å². The summed E-state index contributed by atoms with van der Waals surface area (Å²) in [5.41, 5.74) is 1.63. The molecule has 1 spiro atoms.